The highest BCUT2D eigenvalue weighted by molar-refractivity contribution is 5.89. The lowest BCUT2D eigenvalue weighted by atomic mass is 9.93. The zero-order valence-corrected chi connectivity index (χ0v) is 16.5. The standard InChI is InChI=1S/C23H27N3O3/c27-22-16-29-21-12-11-19(25-23(28)24-14-17-7-3-1-4-8-17)13-18(21)15-26(22)20-9-5-2-6-10-20/h1,3-4,7-8,11-13,20H,2,5-6,9-10,14-16H2,(H2,24,25,28). The number of hydrogen-bond acceptors (Lipinski definition) is 3. The van der Waals surface area contributed by atoms with Crippen LogP contribution in [0.5, 0.6) is 5.75 Å². The Morgan fingerprint density at radius 3 is 2.66 bits per heavy atom. The van der Waals surface area contributed by atoms with Gasteiger partial charge in [-0.05, 0) is 36.6 Å². The third kappa shape index (κ3) is 4.88. The molecule has 0 unspecified atom stereocenters. The van der Waals surface area contributed by atoms with Crippen molar-refractivity contribution in [1.82, 2.24) is 10.2 Å². The molecule has 6 heteroatoms. The lowest BCUT2D eigenvalue weighted by Gasteiger charge is -2.33. The van der Waals surface area contributed by atoms with Gasteiger partial charge in [0.25, 0.3) is 5.91 Å². The molecule has 2 aromatic carbocycles. The van der Waals surface area contributed by atoms with E-state index >= 15 is 0 Å². The Bertz CT molecular complexity index is 863. The van der Waals surface area contributed by atoms with Crippen LogP contribution in [0.3, 0.4) is 0 Å². The molecule has 152 valence electrons. The quantitative estimate of drug-likeness (QED) is 0.823. The number of benzene rings is 2. The maximum Gasteiger partial charge on any atom is 0.319 e. The van der Waals surface area contributed by atoms with Crippen molar-refractivity contribution in [1.29, 1.82) is 0 Å². The Hall–Kier alpha value is -3.02. The van der Waals surface area contributed by atoms with Gasteiger partial charge in [-0.1, -0.05) is 49.6 Å². The van der Waals surface area contributed by atoms with E-state index in [1.807, 2.05) is 53.4 Å². The number of urea groups is 1. The Morgan fingerprint density at radius 1 is 1.07 bits per heavy atom. The molecule has 4 rings (SSSR count). The third-order valence-corrected chi connectivity index (χ3v) is 5.64. The molecule has 2 N–H and O–H groups in total. The van der Waals surface area contributed by atoms with Crippen molar-refractivity contribution in [3.05, 3.63) is 59.7 Å². The number of nitrogens with zero attached hydrogens (tertiary/aromatic N) is 1. The number of ether oxygens (including phenoxy) is 1. The second-order valence-corrected chi connectivity index (χ2v) is 7.72. The molecule has 3 amide bonds. The lowest BCUT2D eigenvalue weighted by Crippen LogP contribution is -2.42. The number of rotatable bonds is 4. The molecule has 0 saturated heterocycles. The van der Waals surface area contributed by atoms with Gasteiger partial charge in [0.05, 0.1) is 0 Å². The first-order valence-electron chi connectivity index (χ1n) is 10.3. The summed E-state index contributed by atoms with van der Waals surface area (Å²) in [6.45, 7) is 1.07. The highest BCUT2D eigenvalue weighted by atomic mass is 16.5. The molecule has 0 bridgehead atoms. The maximum absolute atomic E-state index is 12.6. The van der Waals surface area contributed by atoms with Crippen LogP contribution in [-0.4, -0.2) is 29.5 Å². The Labute approximate surface area is 171 Å². The number of nitrogens with one attached hydrogen (secondary N) is 2. The van der Waals surface area contributed by atoms with Gasteiger partial charge in [0.1, 0.15) is 5.75 Å². The SMILES string of the molecule is O=C(NCc1ccccc1)Nc1ccc2c(c1)CN(C1CCCCC1)C(=O)CO2. The van der Waals surface area contributed by atoms with E-state index in [2.05, 4.69) is 10.6 Å². The molecule has 2 aromatic rings. The van der Waals surface area contributed by atoms with Crippen LogP contribution in [-0.2, 0) is 17.9 Å². The van der Waals surface area contributed by atoms with E-state index in [0.717, 1.165) is 24.0 Å². The van der Waals surface area contributed by atoms with E-state index in [9.17, 15) is 9.59 Å². The van der Waals surface area contributed by atoms with Gasteiger partial charge in [0, 0.05) is 30.4 Å². The van der Waals surface area contributed by atoms with Crippen molar-refractivity contribution in [3.63, 3.8) is 0 Å². The molecule has 0 spiro atoms. The topological polar surface area (TPSA) is 70.7 Å². The molecule has 1 heterocycles. The highest BCUT2D eigenvalue weighted by Crippen LogP contribution is 2.31. The van der Waals surface area contributed by atoms with E-state index in [1.54, 1.807) is 0 Å². The van der Waals surface area contributed by atoms with Gasteiger partial charge in [0.2, 0.25) is 0 Å². The number of fused-ring (bicyclic) bond motifs is 1. The normalized spacial score (nSPS) is 17.1. The highest BCUT2D eigenvalue weighted by Gasteiger charge is 2.29. The Morgan fingerprint density at radius 2 is 1.86 bits per heavy atom. The molecule has 0 radical (unpaired) electrons. The molecule has 0 atom stereocenters. The second kappa shape index (κ2) is 8.99. The summed E-state index contributed by atoms with van der Waals surface area (Å²) < 4.78 is 5.73. The van der Waals surface area contributed by atoms with Crippen molar-refractivity contribution < 1.29 is 14.3 Å². The summed E-state index contributed by atoms with van der Waals surface area (Å²) in [4.78, 5) is 26.8. The van der Waals surface area contributed by atoms with Gasteiger partial charge >= 0.3 is 6.03 Å². The summed E-state index contributed by atoms with van der Waals surface area (Å²) in [5, 5.41) is 5.74. The molecule has 29 heavy (non-hydrogen) atoms. The minimum absolute atomic E-state index is 0.0446. The molecule has 1 saturated carbocycles. The predicted molar refractivity (Wildman–Crippen MR) is 112 cm³/mol. The average molecular weight is 393 g/mol. The molecule has 1 fully saturated rings. The first-order valence-corrected chi connectivity index (χ1v) is 10.3. The fourth-order valence-electron chi connectivity index (χ4n) is 4.09. The van der Waals surface area contributed by atoms with Gasteiger partial charge in [0.15, 0.2) is 6.61 Å². The summed E-state index contributed by atoms with van der Waals surface area (Å²) in [5.41, 5.74) is 2.66. The van der Waals surface area contributed by atoms with E-state index in [-0.39, 0.29) is 24.6 Å². The Balaban J connectivity index is 1.42. The van der Waals surface area contributed by atoms with Crippen molar-refractivity contribution in [2.45, 2.75) is 51.2 Å². The molecule has 6 nitrogen and oxygen atoms in total. The maximum atomic E-state index is 12.6. The van der Waals surface area contributed by atoms with E-state index < -0.39 is 0 Å². The summed E-state index contributed by atoms with van der Waals surface area (Å²) in [5.74, 6) is 0.759. The minimum Gasteiger partial charge on any atom is -0.483 e. The minimum atomic E-state index is -0.261. The average Bonchev–Trinajstić information content (AvgIpc) is 2.92. The molecule has 2 aliphatic rings. The number of carbonyl (C=O) groups is 2. The number of hydrogen-bond donors (Lipinski definition) is 2. The lowest BCUT2D eigenvalue weighted by molar-refractivity contribution is -0.136. The smallest absolute Gasteiger partial charge is 0.319 e. The van der Waals surface area contributed by atoms with E-state index in [4.69, 9.17) is 4.74 Å². The van der Waals surface area contributed by atoms with Crippen LogP contribution >= 0.6 is 0 Å². The van der Waals surface area contributed by atoms with Crippen LogP contribution in [0.4, 0.5) is 10.5 Å². The molecule has 1 aliphatic heterocycles. The van der Waals surface area contributed by atoms with Crippen molar-refractivity contribution in [2.75, 3.05) is 11.9 Å². The first kappa shape index (κ1) is 19.3. The monoisotopic (exact) mass is 393 g/mol. The van der Waals surface area contributed by atoms with Crippen LogP contribution < -0.4 is 15.4 Å². The van der Waals surface area contributed by atoms with Crippen LogP contribution in [0.25, 0.3) is 0 Å². The Kier molecular flexibility index (Phi) is 5.98. The summed E-state index contributed by atoms with van der Waals surface area (Å²) in [7, 11) is 0. The number of anilines is 1. The largest absolute Gasteiger partial charge is 0.483 e. The molecular formula is C23H27N3O3. The van der Waals surface area contributed by atoms with Gasteiger partial charge < -0.3 is 20.3 Å². The van der Waals surface area contributed by atoms with E-state index in [0.29, 0.717) is 24.5 Å². The zero-order chi connectivity index (χ0) is 20.1. The van der Waals surface area contributed by atoms with Crippen molar-refractivity contribution in [2.24, 2.45) is 0 Å². The van der Waals surface area contributed by atoms with Crippen molar-refractivity contribution in [3.8, 4) is 5.75 Å². The van der Waals surface area contributed by atoms with Crippen LogP contribution in [0.15, 0.2) is 48.5 Å². The predicted octanol–water partition coefficient (Wildman–Crippen LogP) is 4.06. The second-order valence-electron chi connectivity index (χ2n) is 7.72. The first-order chi connectivity index (χ1) is 14.2. The van der Waals surface area contributed by atoms with Crippen LogP contribution in [0, 0.1) is 0 Å². The summed E-state index contributed by atoms with van der Waals surface area (Å²) in [6.07, 6.45) is 5.70. The molecule has 0 aromatic heterocycles. The number of carbonyl (C=O) groups excluding carboxylic acids is 2. The van der Waals surface area contributed by atoms with Gasteiger partial charge in [-0.25, -0.2) is 4.79 Å². The van der Waals surface area contributed by atoms with Crippen LogP contribution in [0.1, 0.15) is 43.2 Å². The number of amides is 3. The zero-order valence-electron chi connectivity index (χ0n) is 16.5. The van der Waals surface area contributed by atoms with E-state index in [1.165, 1.54) is 19.3 Å². The van der Waals surface area contributed by atoms with Gasteiger partial charge in [-0.15, -0.1) is 0 Å². The molecular weight excluding hydrogens is 366 g/mol. The fourth-order valence-corrected chi connectivity index (χ4v) is 4.09. The summed E-state index contributed by atoms with van der Waals surface area (Å²) >= 11 is 0. The van der Waals surface area contributed by atoms with Gasteiger partial charge in [-0.2, -0.15) is 0 Å². The summed E-state index contributed by atoms with van der Waals surface area (Å²) in [6, 6.07) is 15.4. The van der Waals surface area contributed by atoms with Crippen LogP contribution in [0.2, 0.25) is 0 Å². The molecule has 1 aliphatic carbocycles. The fraction of sp³-hybridized carbons (Fsp3) is 0.391. The van der Waals surface area contributed by atoms with Crippen molar-refractivity contribution >= 4 is 17.6 Å². The third-order valence-electron chi connectivity index (χ3n) is 5.64. The van der Waals surface area contributed by atoms with Gasteiger partial charge in [-0.3, -0.25) is 4.79 Å².